The zero-order valence-corrected chi connectivity index (χ0v) is 11.2. The lowest BCUT2D eigenvalue weighted by Gasteiger charge is -2.30. The van der Waals surface area contributed by atoms with Gasteiger partial charge in [-0.2, -0.15) is 0 Å². The van der Waals surface area contributed by atoms with E-state index in [9.17, 15) is 8.42 Å². The summed E-state index contributed by atoms with van der Waals surface area (Å²) in [6, 6.07) is 0. The molecule has 1 rings (SSSR count). The van der Waals surface area contributed by atoms with E-state index in [4.69, 9.17) is 0 Å². The molecule has 0 radical (unpaired) electrons. The molecule has 1 aliphatic heterocycles. The van der Waals surface area contributed by atoms with Crippen molar-refractivity contribution in [2.45, 2.75) is 32.6 Å². The molecule has 0 aromatic carbocycles. The minimum atomic E-state index is -2.99. The normalized spacial score (nSPS) is 20.1. The standard InChI is InChI=1S/C11H24N2O2S/c1-3-11-5-8-13(9-6-11)16(14,15)10-4-7-12-2/h11-12H,3-10H2,1-2H3. The maximum absolute atomic E-state index is 12.0. The Balaban J connectivity index is 2.39. The molecule has 0 aromatic rings. The van der Waals surface area contributed by atoms with Gasteiger partial charge in [-0.25, -0.2) is 12.7 Å². The van der Waals surface area contributed by atoms with E-state index in [1.54, 1.807) is 4.31 Å². The third kappa shape index (κ3) is 4.03. The third-order valence-corrected chi connectivity index (χ3v) is 5.33. The van der Waals surface area contributed by atoms with Crippen molar-refractivity contribution in [3.8, 4) is 0 Å². The predicted molar refractivity (Wildman–Crippen MR) is 66.9 cm³/mol. The van der Waals surface area contributed by atoms with Gasteiger partial charge >= 0.3 is 0 Å². The van der Waals surface area contributed by atoms with Gasteiger partial charge in [-0.15, -0.1) is 0 Å². The van der Waals surface area contributed by atoms with Crippen molar-refractivity contribution in [1.82, 2.24) is 9.62 Å². The van der Waals surface area contributed by atoms with Crippen LogP contribution in [0.4, 0.5) is 0 Å². The van der Waals surface area contributed by atoms with Crippen LogP contribution in [0, 0.1) is 5.92 Å². The van der Waals surface area contributed by atoms with E-state index in [1.165, 1.54) is 6.42 Å². The molecule has 0 atom stereocenters. The van der Waals surface area contributed by atoms with E-state index in [2.05, 4.69) is 12.2 Å². The van der Waals surface area contributed by atoms with Crippen LogP contribution >= 0.6 is 0 Å². The Labute approximate surface area is 99.5 Å². The average molecular weight is 248 g/mol. The molecule has 0 aliphatic carbocycles. The first-order valence-electron chi connectivity index (χ1n) is 6.22. The predicted octanol–water partition coefficient (Wildman–Crippen LogP) is 1.05. The van der Waals surface area contributed by atoms with E-state index in [1.807, 2.05) is 7.05 Å². The number of hydrogen-bond donors (Lipinski definition) is 1. The SMILES string of the molecule is CCC1CCN(S(=O)(=O)CCCNC)CC1. The lowest BCUT2D eigenvalue weighted by molar-refractivity contribution is 0.269. The molecule has 1 saturated heterocycles. The molecule has 5 heteroatoms. The summed E-state index contributed by atoms with van der Waals surface area (Å²) in [4.78, 5) is 0. The van der Waals surface area contributed by atoms with Crippen LogP contribution in [-0.4, -0.2) is 45.2 Å². The van der Waals surface area contributed by atoms with Crippen LogP contribution in [0.2, 0.25) is 0 Å². The molecule has 0 amide bonds. The van der Waals surface area contributed by atoms with Crippen LogP contribution in [0.3, 0.4) is 0 Å². The summed E-state index contributed by atoms with van der Waals surface area (Å²) in [7, 11) is -1.15. The van der Waals surface area contributed by atoms with Crippen LogP contribution in [0.15, 0.2) is 0 Å². The van der Waals surface area contributed by atoms with Crippen molar-refractivity contribution in [3.05, 3.63) is 0 Å². The highest BCUT2D eigenvalue weighted by molar-refractivity contribution is 7.89. The minimum Gasteiger partial charge on any atom is -0.320 e. The van der Waals surface area contributed by atoms with Crippen molar-refractivity contribution < 1.29 is 8.42 Å². The Morgan fingerprint density at radius 3 is 2.44 bits per heavy atom. The molecule has 0 bridgehead atoms. The van der Waals surface area contributed by atoms with Crippen molar-refractivity contribution in [3.63, 3.8) is 0 Å². The zero-order valence-electron chi connectivity index (χ0n) is 10.4. The number of hydrogen-bond acceptors (Lipinski definition) is 3. The maximum atomic E-state index is 12.0. The molecule has 1 aliphatic rings. The summed E-state index contributed by atoms with van der Waals surface area (Å²) < 4.78 is 25.6. The Morgan fingerprint density at radius 2 is 1.94 bits per heavy atom. The van der Waals surface area contributed by atoms with E-state index < -0.39 is 10.0 Å². The fourth-order valence-electron chi connectivity index (χ4n) is 2.16. The molecule has 0 saturated carbocycles. The second-order valence-electron chi connectivity index (χ2n) is 4.52. The first kappa shape index (κ1) is 13.9. The van der Waals surface area contributed by atoms with Crippen LogP contribution in [0.1, 0.15) is 32.6 Å². The van der Waals surface area contributed by atoms with Gasteiger partial charge in [0.25, 0.3) is 0 Å². The van der Waals surface area contributed by atoms with Crippen molar-refractivity contribution in [1.29, 1.82) is 0 Å². The Bertz CT molecular complexity index is 282. The van der Waals surface area contributed by atoms with Crippen molar-refractivity contribution in [2.75, 3.05) is 32.4 Å². The van der Waals surface area contributed by atoms with E-state index in [0.29, 0.717) is 6.42 Å². The number of nitrogens with one attached hydrogen (secondary N) is 1. The fraction of sp³-hybridized carbons (Fsp3) is 1.00. The van der Waals surface area contributed by atoms with Crippen molar-refractivity contribution >= 4 is 10.0 Å². The number of nitrogens with zero attached hydrogens (tertiary/aromatic N) is 1. The molecule has 1 fully saturated rings. The average Bonchev–Trinajstić information content (AvgIpc) is 2.29. The second-order valence-corrected chi connectivity index (χ2v) is 6.61. The van der Waals surface area contributed by atoms with Crippen LogP contribution in [0.25, 0.3) is 0 Å². The molecular weight excluding hydrogens is 224 g/mol. The topological polar surface area (TPSA) is 49.4 Å². The van der Waals surface area contributed by atoms with Gasteiger partial charge in [0, 0.05) is 13.1 Å². The van der Waals surface area contributed by atoms with Gasteiger partial charge in [0.05, 0.1) is 5.75 Å². The lowest BCUT2D eigenvalue weighted by Crippen LogP contribution is -2.40. The molecule has 1 N–H and O–H groups in total. The second kappa shape index (κ2) is 6.57. The monoisotopic (exact) mass is 248 g/mol. The number of sulfonamides is 1. The Kier molecular flexibility index (Phi) is 5.72. The van der Waals surface area contributed by atoms with Gasteiger partial charge in [0.1, 0.15) is 0 Å². The van der Waals surface area contributed by atoms with Crippen LogP contribution < -0.4 is 5.32 Å². The molecule has 96 valence electrons. The summed E-state index contributed by atoms with van der Waals surface area (Å²) >= 11 is 0. The maximum Gasteiger partial charge on any atom is 0.214 e. The Morgan fingerprint density at radius 1 is 1.31 bits per heavy atom. The summed E-state index contributed by atoms with van der Waals surface area (Å²) in [5, 5.41) is 2.98. The Hall–Kier alpha value is -0.130. The van der Waals surface area contributed by atoms with E-state index >= 15 is 0 Å². The highest BCUT2D eigenvalue weighted by Crippen LogP contribution is 2.22. The third-order valence-electron chi connectivity index (χ3n) is 3.37. The van der Waals surface area contributed by atoms with Gasteiger partial charge in [0.15, 0.2) is 0 Å². The molecule has 0 aromatic heterocycles. The summed E-state index contributed by atoms with van der Waals surface area (Å²) in [5.74, 6) is 1.01. The minimum absolute atomic E-state index is 0.282. The summed E-state index contributed by atoms with van der Waals surface area (Å²) in [6.45, 7) is 4.40. The van der Waals surface area contributed by atoms with Gasteiger partial charge < -0.3 is 5.32 Å². The van der Waals surface area contributed by atoms with Crippen LogP contribution in [0.5, 0.6) is 0 Å². The first-order chi connectivity index (χ1) is 7.60. The smallest absolute Gasteiger partial charge is 0.214 e. The lowest BCUT2D eigenvalue weighted by atomic mass is 9.96. The van der Waals surface area contributed by atoms with Crippen molar-refractivity contribution in [2.24, 2.45) is 5.92 Å². The highest BCUT2D eigenvalue weighted by Gasteiger charge is 2.26. The van der Waals surface area contributed by atoms with Gasteiger partial charge in [0.2, 0.25) is 10.0 Å². The summed E-state index contributed by atoms with van der Waals surface area (Å²) in [5.41, 5.74) is 0. The number of rotatable bonds is 6. The molecule has 0 unspecified atom stereocenters. The fourth-order valence-corrected chi connectivity index (χ4v) is 3.69. The summed E-state index contributed by atoms with van der Waals surface area (Å²) in [6.07, 6.45) is 3.93. The molecule has 0 spiro atoms. The number of piperidine rings is 1. The van der Waals surface area contributed by atoms with E-state index in [-0.39, 0.29) is 5.75 Å². The quantitative estimate of drug-likeness (QED) is 0.715. The molecule has 4 nitrogen and oxygen atoms in total. The van der Waals surface area contributed by atoms with Gasteiger partial charge in [-0.05, 0) is 38.8 Å². The first-order valence-corrected chi connectivity index (χ1v) is 7.83. The van der Waals surface area contributed by atoms with E-state index in [0.717, 1.165) is 38.4 Å². The zero-order chi connectivity index (χ0) is 12.0. The molecule has 16 heavy (non-hydrogen) atoms. The largest absolute Gasteiger partial charge is 0.320 e. The van der Waals surface area contributed by atoms with Gasteiger partial charge in [-0.3, -0.25) is 0 Å². The molecule has 1 heterocycles. The highest BCUT2D eigenvalue weighted by atomic mass is 32.2. The molecular formula is C11H24N2O2S. The van der Waals surface area contributed by atoms with Crippen LogP contribution in [-0.2, 0) is 10.0 Å². The van der Waals surface area contributed by atoms with Gasteiger partial charge in [-0.1, -0.05) is 13.3 Å².